The zero-order valence-electron chi connectivity index (χ0n) is 16.6. The van der Waals surface area contributed by atoms with Crippen molar-refractivity contribution in [3.63, 3.8) is 0 Å². The molecule has 1 aliphatic carbocycles. The fraction of sp³-hybridized carbons (Fsp3) is 0.636. The molecule has 0 N–H and O–H groups in total. The molecule has 2 saturated heterocycles. The van der Waals surface area contributed by atoms with E-state index in [0.717, 1.165) is 64.1 Å². The van der Waals surface area contributed by atoms with Crippen LogP contribution in [0.25, 0.3) is 0 Å². The quantitative estimate of drug-likeness (QED) is 0.821. The van der Waals surface area contributed by atoms with Gasteiger partial charge in [-0.05, 0) is 56.9 Å². The van der Waals surface area contributed by atoms with E-state index in [1.165, 1.54) is 11.3 Å². The van der Waals surface area contributed by atoms with Crippen molar-refractivity contribution < 1.29 is 9.59 Å². The summed E-state index contributed by atoms with van der Waals surface area (Å²) in [5.41, 5.74) is 3.31. The third-order valence-corrected chi connectivity index (χ3v) is 6.58. The number of benzene rings is 1. The number of fused-ring (bicyclic) bond motifs is 1. The lowest BCUT2D eigenvalue weighted by molar-refractivity contribution is -0.138. The molecule has 3 aliphatic rings. The zero-order valence-corrected chi connectivity index (χ0v) is 16.6. The van der Waals surface area contributed by atoms with Crippen molar-refractivity contribution in [2.24, 2.45) is 5.92 Å². The van der Waals surface area contributed by atoms with Crippen LogP contribution in [0.5, 0.6) is 0 Å². The van der Waals surface area contributed by atoms with Crippen molar-refractivity contribution in [1.29, 1.82) is 0 Å². The summed E-state index contributed by atoms with van der Waals surface area (Å²) in [7, 11) is 0. The lowest BCUT2D eigenvalue weighted by Crippen LogP contribution is -2.53. The summed E-state index contributed by atoms with van der Waals surface area (Å²) in [5.74, 6) is 0.805. The minimum atomic E-state index is 0.169. The van der Waals surface area contributed by atoms with Crippen molar-refractivity contribution in [3.05, 3.63) is 29.3 Å². The maximum absolute atomic E-state index is 12.9. The van der Waals surface area contributed by atoms with Gasteiger partial charge in [0.2, 0.25) is 5.91 Å². The summed E-state index contributed by atoms with van der Waals surface area (Å²) >= 11 is 0. The predicted octanol–water partition coefficient (Wildman–Crippen LogP) is 2.58. The van der Waals surface area contributed by atoms with Crippen LogP contribution in [0, 0.1) is 5.92 Å². The first-order valence-electron chi connectivity index (χ1n) is 10.5. The second-order valence-electron chi connectivity index (χ2n) is 8.48. The molecule has 0 spiro atoms. The highest BCUT2D eigenvalue weighted by atomic mass is 16.2. The third kappa shape index (κ3) is 3.75. The van der Waals surface area contributed by atoms with Crippen LogP contribution >= 0.6 is 0 Å². The molecule has 4 rings (SSSR count). The number of nitrogens with zero attached hydrogens (tertiary/aromatic N) is 3. The van der Waals surface area contributed by atoms with Gasteiger partial charge < -0.3 is 9.80 Å². The number of anilines is 1. The molecule has 0 unspecified atom stereocenters. The first-order chi connectivity index (χ1) is 13.0. The summed E-state index contributed by atoms with van der Waals surface area (Å²) in [6.07, 6.45) is 3.39. The normalized spacial score (nSPS) is 21.8. The lowest BCUT2D eigenvalue weighted by atomic mass is 9.94. The molecule has 27 heavy (non-hydrogen) atoms. The first kappa shape index (κ1) is 18.5. The topological polar surface area (TPSA) is 43.9 Å². The molecular formula is C22H31N3O2. The van der Waals surface area contributed by atoms with E-state index in [0.29, 0.717) is 18.4 Å². The number of ketones is 1. The lowest BCUT2D eigenvalue weighted by Gasteiger charge is -2.40. The largest absolute Gasteiger partial charge is 0.371 e. The van der Waals surface area contributed by atoms with Gasteiger partial charge in [0.1, 0.15) is 0 Å². The first-order valence-corrected chi connectivity index (χ1v) is 10.5. The molecular weight excluding hydrogens is 338 g/mol. The Morgan fingerprint density at radius 3 is 2.37 bits per heavy atom. The number of piperazine rings is 1. The van der Waals surface area contributed by atoms with E-state index < -0.39 is 0 Å². The fourth-order valence-corrected chi connectivity index (χ4v) is 4.74. The van der Waals surface area contributed by atoms with Crippen molar-refractivity contribution >= 4 is 17.4 Å². The Hall–Kier alpha value is -1.88. The zero-order chi connectivity index (χ0) is 19.0. The van der Waals surface area contributed by atoms with Crippen molar-refractivity contribution in [2.75, 3.05) is 44.2 Å². The van der Waals surface area contributed by atoms with Crippen LogP contribution in [0.1, 0.15) is 49.0 Å². The Morgan fingerprint density at radius 1 is 1.00 bits per heavy atom. The second kappa shape index (κ2) is 7.63. The molecule has 146 valence electrons. The van der Waals surface area contributed by atoms with Gasteiger partial charge in [0.05, 0.1) is 0 Å². The summed E-state index contributed by atoms with van der Waals surface area (Å²) in [6, 6.07) is 6.82. The van der Waals surface area contributed by atoms with Crippen molar-refractivity contribution in [2.45, 2.75) is 45.6 Å². The summed E-state index contributed by atoms with van der Waals surface area (Å²) < 4.78 is 0. The van der Waals surface area contributed by atoms with E-state index in [9.17, 15) is 9.59 Å². The molecule has 0 radical (unpaired) electrons. The highest BCUT2D eigenvalue weighted by Crippen LogP contribution is 2.30. The number of rotatable bonds is 3. The molecule has 1 amide bonds. The number of Topliss-reactive ketones (excluding diaryl/α,β-unsaturated/α-hetero) is 1. The van der Waals surface area contributed by atoms with E-state index in [1.807, 2.05) is 6.07 Å². The maximum atomic E-state index is 12.9. The van der Waals surface area contributed by atoms with Crippen molar-refractivity contribution in [1.82, 2.24) is 9.80 Å². The second-order valence-corrected chi connectivity index (χ2v) is 8.48. The highest BCUT2D eigenvalue weighted by molar-refractivity contribution is 6.00. The summed E-state index contributed by atoms with van der Waals surface area (Å²) in [6.45, 7) is 10.0. The van der Waals surface area contributed by atoms with E-state index in [4.69, 9.17) is 0 Å². The van der Waals surface area contributed by atoms with Crippen LogP contribution in [-0.2, 0) is 11.2 Å². The molecule has 1 aromatic rings. The average molecular weight is 370 g/mol. The maximum Gasteiger partial charge on any atom is 0.225 e. The van der Waals surface area contributed by atoms with Gasteiger partial charge in [0.25, 0.3) is 0 Å². The fourth-order valence-electron chi connectivity index (χ4n) is 4.74. The molecule has 5 nitrogen and oxygen atoms in total. The van der Waals surface area contributed by atoms with Gasteiger partial charge in [-0.15, -0.1) is 0 Å². The number of piperidine rings is 1. The standard InChI is InChI=1S/C22H31N3O2/c1-16(2)23-11-13-25(14-12-23)22(27)17-7-9-24(10-8-17)19-4-5-20-18(15-19)3-6-21(20)26/h4-5,15-17H,3,6-14H2,1-2H3. The van der Waals surface area contributed by atoms with Gasteiger partial charge >= 0.3 is 0 Å². The number of aryl methyl sites for hydroxylation is 1. The van der Waals surface area contributed by atoms with E-state index in [1.54, 1.807) is 0 Å². The van der Waals surface area contributed by atoms with Crippen LogP contribution < -0.4 is 4.90 Å². The van der Waals surface area contributed by atoms with Crippen LogP contribution in [-0.4, -0.2) is 66.8 Å². The smallest absolute Gasteiger partial charge is 0.225 e. The number of amides is 1. The monoisotopic (exact) mass is 369 g/mol. The summed E-state index contributed by atoms with van der Waals surface area (Å²) in [4.78, 5) is 31.6. The molecule has 0 aromatic heterocycles. The Balaban J connectivity index is 1.31. The highest BCUT2D eigenvalue weighted by Gasteiger charge is 2.31. The molecule has 2 fully saturated rings. The van der Waals surface area contributed by atoms with Gasteiger partial charge in [0, 0.05) is 68.9 Å². The third-order valence-electron chi connectivity index (χ3n) is 6.58. The SMILES string of the molecule is CC(C)N1CCN(C(=O)C2CCN(c3ccc4c(c3)CCC4=O)CC2)CC1. The van der Waals surface area contributed by atoms with Crippen LogP contribution in [0.15, 0.2) is 18.2 Å². The van der Waals surface area contributed by atoms with Gasteiger partial charge in [-0.25, -0.2) is 0 Å². The molecule has 2 heterocycles. The number of hydrogen-bond donors (Lipinski definition) is 0. The molecule has 0 atom stereocenters. The molecule has 2 aliphatic heterocycles. The predicted molar refractivity (Wildman–Crippen MR) is 107 cm³/mol. The Bertz CT molecular complexity index is 714. The molecule has 5 heteroatoms. The Morgan fingerprint density at radius 2 is 1.70 bits per heavy atom. The Kier molecular flexibility index (Phi) is 5.22. The van der Waals surface area contributed by atoms with Crippen LogP contribution in [0.3, 0.4) is 0 Å². The van der Waals surface area contributed by atoms with Crippen LogP contribution in [0.4, 0.5) is 5.69 Å². The van der Waals surface area contributed by atoms with Gasteiger partial charge in [-0.2, -0.15) is 0 Å². The Labute approximate surface area is 162 Å². The van der Waals surface area contributed by atoms with Gasteiger partial charge in [-0.1, -0.05) is 0 Å². The number of carbonyl (C=O) groups excluding carboxylic acids is 2. The van der Waals surface area contributed by atoms with E-state index >= 15 is 0 Å². The molecule has 0 saturated carbocycles. The minimum absolute atomic E-state index is 0.169. The van der Waals surface area contributed by atoms with Gasteiger partial charge in [0.15, 0.2) is 5.78 Å². The van der Waals surface area contributed by atoms with Crippen LogP contribution in [0.2, 0.25) is 0 Å². The molecule has 1 aromatic carbocycles. The van der Waals surface area contributed by atoms with E-state index in [-0.39, 0.29) is 11.7 Å². The van der Waals surface area contributed by atoms with Gasteiger partial charge in [-0.3, -0.25) is 14.5 Å². The number of carbonyl (C=O) groups is 2. The summed E-state index contributed by atoms with van der Waals surface area (Å²) in [5, 5.41) is 0. The van der Waals surface area contributed by atoms with E-state index in [2.05, 4.69) is 40.7 Å². The minimum Gasteiger partial charge on any atom is -0.371 e. The van der Waals surface area contributed by atoms with Crippen molar-refractivity contribution in [3.8, 4) is 0 Å². The average Bonchev–Trinajstić information content (AvgIpc) is 3.08. The number of hydrogen-bond acceptors (Lipinski definition) is 4. The molecule has 0 bridgehead atoms.